The van der Waals surface area contributed by atoms with Gasteiger partial charge in [0.25, 0.3) is 11.8 Å². The van der Waals surface area contributed by atoms with Crippen molar-refractivity contribution < 1.29 is 22.8 Å². The van der Waals surface area contributed by atoms with E-state index in [-0.39, 0.29) is 11.3 Å². The summed E-state index contributed by atoms with van der Waals surface area (Å²) in [5, 5.41) is -0.440. The molecule has 2 rings (SSSR count). The van der Waals surface area contributed by atoms with Gasteiger partial charge >= 0.3 is 6.18 Å². The molecular formula is C15H10ClF3N4O2. The average Bonchev–Trinajstić information content (AvgIpc) is 2.58. The van der Waals surface area contributed by atoms with Gasteiger partial charge in [-0.3, -0.25) is 25.4 Å². The number of carbonyl (C=O) groups excluding carboxylic acids is 2. The van der Waals surface area contributed by atoms with Crippen molar-refractivity contribution in [2.45, 2.75) is 6.18 Å². The summed E-state index contributed by atoms with van der Waals surface area (Å²) in [6, 6.07) is 3.21. The molecule has 10 heteroatoms. The normalized spacial score (nSPS) is 11.4. The Morgan fingerprint density at radius 1 is 1.16 bits per heavy atom. The van der Waals surface area contributed by atoms with E-state index in [4.69, 9.17) is 11.6 Å². The largest absolute Gasteiger partial charge is 0.417 e. The van der Waals surface area contributed by atoms with Crippen LogP contribution in [0.1, 0.15) is 21.6 Å². The first kappa shape index (κ1) is 18.4. The van der Waals surface area contributed by atoms with Crippen molar-refractivity contribution in [1.29, 1.82) is 0 Å². The maximum atomic E-state index is 12.8. The minimum absolute atomic E-state index is 0.0145. The number of amides is 2. The fraction of sp³-hybridized carbons (Fsp3) is 0.0667. The van der Waals surface area contributed by atoms with Crippen LogP contribution in [0.25, 0.3) is 6.08 Å². The Morgan fingerprint density at radius 3 is 2.56 bits per heavy atom. The highest BCUT2D eigenvalue weighted by atomic mass is 35.5. The molecule has 0 saturated carbocycles. The molecule has 2 aromatic rings. The molecular weight excluding hydrogens is 361 g/mol. The Bertz CT molecular complexity index is 810. The molecule has 0 saturated heterocycles. The molecule has 0 aliphatic rings. The summed E-state index contributed by atoms with van der Waals surface area (Å²) < 4.78 is 38.3. The number of hydrazine groups is 1. The highest BCUT2D eigenvalue weighted by molar-refractivity contribution is 6.31. The number of benzene rings is 1. The fourth-order valence-electron chi connectivity index (χ4n) is 1.68. The third-order valence-electron chi connectivity index (χ3n) is 2.82. The van der Waals surface area contributed by atoms with Gasteiger partial charge in [-0.1, -0.05) is 17.7 Å². The minimum Gasteiger partial charge on any atom is -0.268 e. The van der Waals surface area contributed by atoms with Crippen LogP contribution < -0.4 is 10.9 Å². The van der Waals surface area contributed by atoms with Crippen molar-refractivity contribution in [2.75, 3.05) is 0 Å². The van der Waals surface area contributed by atoms with Crippen LogP contribution in [0.2, 0.25) is 5.02 Å². The highest BCUT2D eigenvalue weighted by Gasteiger charge is 2.33. The van der Waals surface area contributed by atoms with Gasteiger partial charge in [-0.2, -0.15) is 13.2 Å². The van der Waals surface area contributed by atoms with Crippen LogP contribution >= 0.6 is 11.6 Å². The SMILES string of the molecule is O=C(C=Cc1ccc(Cl)c(C(F)(F)F)c1)NNC(=O)c1cnccn1. The van der Waals surface area contributed by atoms with Crippen LogP contribution in [0, 0.1) is 0 Å². The second-order valence-corrected chi connectivity index (χ2v) is 5.01. The van der Waals surface area contributed by atoms with Crippen LogP contribution in [0.3, 0.4) is 0 Å². The zero-order valence-corrected chi connectivity index (χ0v) is 13.1. The maximum absolute atomic E-state index is 12.8. The maximum Gasteiger partial charge on any atom is 0.417 e. The number of hydrogen-bond donors (Lipinski definition) is 2. The van der Waals surface area contributed by atoms with E-state index in [0.717, 1.165) is 24.3 Å². The number of alkyl halides is 3. The van der Waals surface area contributed by atoms with Crippen LogP contribution in [0.4, 0.5) is 13.2 Å². The van der Waals surface area contributed by atoms with Crippen molar-refractivity contribution in [3.63, 3.8) is 0 Å². The summed E-state index contributed by atoms with van der Waals surface area (Å²) in [5.41, 5.74) is 3.25. The number of hydrogen-bond acceptors (Lipinski definition) is 4. The van der Waals surface area contributed by atoms with Gasteiger partial charge in [0, 0.05) is 18.5 Å². The molecule has 0 radical (unpaired) electrons. The standard InChI is InChI=1S/C15H10ClF3N4O2/c16-11-3-1-9(7-10(11)15(17,18)19)2-4-13(24)22-23-14(25)12-8-20-5-6-21-12/h1-8H,(H,22,24)(H,23,25). The van der Waals surface area contributed by atoms with Gasteiger partial charge in [0.1, 0.15) is 5.69 Å². The van der Waals surface area contributed by atoms with Crippen molar-refractivity contribution in [3.8, 4) is 0 Å². The highest BCUT2D eigenvalue weighted by Crippen LogP contribution is 2.35. The van der Waals surface area contributed by atoms with Crippen molar-refractivity contribution in [3.05, 3.63) is 64.7 Å². The van der Waals surface area contributed by atoms with Crippen LogP contribution in [-0.2, 0) is 11.0 Å². The number of nitrogens with one attached hydrogen (secondary N) is 2. The summed E-state index contributed by atoms with van der Waals surface area (Å²) in [4.78, 5) is 30.6. The molecule has 0 atom stereocenters. The Balaban J connectivity index is 1.98. The Labute approximate surface area is 144 Å². The lowest BCUT2D eigenvalue weighted by atomic mass is 10.1. The molecule has 1 heterocycles. The van der Waals surface area contributed by atoms with E-state index in [0.29, 0.717) is 0 Å². The van der Waals surface area contributed by atoms with E-state index in [9.17, 15) is 22.8 Å². The summed E-state index contributed by atoms with van der Waals surface area (Å²) in [6.07, 6.45) is 1.38. The fourth-order valence-corrected chi connectivity index (χ4v) is 1.90. The van der Waals surface area contributed by atoms with Gasteiger partial charge in [-0.15, -0.1) is 0 Å². The van der Waals surface area contributed by atoms with Crippen LogP contribution in [0.5, 0.6) is 0 Å². The predicted molar refractivity (Wildman–Crippen MR) is 83.1 cm³/mol. The smallest absolute Gasteiger partial charge is 0.268 e. The lowest BCUT2D eigenvalue weighted by Gasteiger charge is -2.09. The molecule has 25 heavy (non-hydrogen) atoms. The molecule has 0 fully saturated rings. The molecule has 130 valence electrons. The van der Waals surface area contributed by atoms with Crippen LogP contribution in [-0.4, -0.2) is 21.8 Å². The average molecular weight is 371 g/mol. The zero-order chi connectivity index (χ0) is 18.4. The van der Waals surface area contributed by atoms with Gasteiger partial charge in [0.05, 0.1) is 16.8 Å². The number of halogens is 4. The molecule has 0 unspecified atom stereocenters. The van der Waals surface area contributed by atoms with E-state index in [1.54, 1.807) is 0 Å². The number of nitrogens with zero attached hydrogens (tertiary/aromatic N) is 2. The molecule has 2 N–H and O–H groups in total. The molecule has 2 amide bonds. The Morgan fingerprint density at radius 2 is 1.92 bits per heavy atom. The first-order valence-corrected chi connectivity index (χ1v) is 7.06. The number of aromatic nitrogens is 2. The summed E-state index contributed by atoms with van der Waals surface area (Å²) >= 11 is 5.50. The lowest BCUT2D eigenvalue weighted by molar-refractivity contribution is -0.137. The first-order chi connectivity index (χ1) is 11.8. The van der Waals surface area contributed by atoms with Gasteiger partial charge in [0.2, 0.25) is 0 Å². The van der Waals surface area contributed by atoms with Gasteiger partial charge < -0.3 is 0 Å². The Kier molecular flexibility index (Phi) is 5.71. The van der Waals surface area contributed by atoms with Crippen LogP contribution in [0.15, 0.2) is 42.9 Å². The quantitative estimate of drug-likeness (QED) is 0.642. The second kappa shape index (κ2) is 7.75. The Hall–Kier alpha value is -2.94. The molecule has 0 aliphatic heterocycles. The summed E-state index contributed by atoms with van der Waals surface area (Å²) in [5.74, 6) is -1.44. The second-order valence-electron chi connectivity index (χ2n) is 4.60. The molecule has 1 aromatic carbocycles. The van der Waals surface area contributed by atoms with Crippen molar-refractivity contribution in [2.24, 2.45) is 0 Å². The van der Waals surface area contributed by atoms with E-state index >= 15 is 0 Å². The lowest BCUT2D eigenvalue weighted by Crippen LogP contribution is -2.41. The minimum atomic E-state index is -4.60. The van der Waals surface area contributed by atoms with Gasteiger partial charge in [-0.05, 0) is 23.8 Å². The molecule has 6 nitrogen and oxygen atoms in total. The molecule has 1 aromatic heterocycles. The summed E-state index contributed by atoms with van der Waals surface area (Å²) in [6.45, 7) is 0. The molecule has 0 bridgehead atoms. The van der Waals surface area contributed by atoms with Crippen molar-refractivity contribution >= 4 is 29.5 Å². The third kappa shape index (κ3) is 5.28. The number of rotatable bonds is 3. The van der Waals surface area contributed by atoms with E-state index < -0.39 is 28.6 Å². The first-order valence-electron chi connectivity index (χ1n) is 6.68. The summed E-state index contributed by atoms with van der Waals surface area (Å²) in [7, 11) is 0. The van der Waals surface area contributed by atoms with E-state index in [1.165, 1.54) is 24.7 Å². The van der Waals surface area contributed by atoms with E-state index in [1.807, 2.05) is 0 Å². The molecule has 0 aliphatic carbocycles. The van der Waals surface area contributed by atoms with E-state index in [2.05, 4.69) is 20.8 Å². The van der Waals surface area contributed by atoms with Gasteiger partial charge in [0.15, 0.2) is 0 Å². The van der Waals surface area contributed by atoms with Gasteiger partial charge in [-0.25, -0.2) is 4.98 Å². The third-order valence-corrected chi connectivity index (χ3v) is 3.15. The number of carbonyl (C=O) groups is 2. The predicted octanol–water partition coefficient (Wildman–Crippen LogP) is 2.62. The van der Waals surface area contributed by atoms with Crippen molar-refractivity contribution in [1.82, 2.24) is 20.8 Å². The zero-order valence-electron chi connectivity index (χ0n) is 12.3. The molecule has 0 spiro atoms. The topological polar surface area (TPSA) is 84.0 Å². The monoisotopic (exact) mass is 370 g/mol.